The Morgan fingerprint density at radius 3 is 2.47 bits per heavy atom. The minimum atomic E-state index is -0.262. The highest BCUT2D eigenvalue weighted by Gasteiger charge is 2.38. The van der Waals surface area contributed by atoms with Crippen molar-refractivity contribution in [2.45, 2.75) is 43.7 Å². The highest BCUT2D eigenvalue weighted by Crippen LogP contribution is 2.36. The molecule has 32 heavy (non-hydrogen) atoms. The largest absolute Gasteiger partial charge is 0.497 e. The zero-order valence-electron chi connectivity index (χ0n) is 18.7. The number of methoxy groups -OCH3 is 1. The summed E-state index contributed by atoms with van der Waals surface area (Å²) in [6.45, 7) is 4.00. The molecule has 6 nitrogen and oxygen atoms in total. The molecule has 7 heteroatoms. The Bertz CT molecular complexity index is 898. The molecule has 2 aromatic carbocycles. The molecule has 3 N–H and O–H groups in total. The van der Waals surface area contributed by atoms with Gasteiger partial charge >= 0.3 is 0 Å². The summed E-state index contributed by atoms with van der Waals surface area (Å²) in [4.78, 5) is 13.0. The van der Waals surface area contributed by atoms with Crippen LogP contribution in [0.25, 0.3) is 0 Å². The standard InChI is InChI=1S/C25H32FN3O3/c1-17-22(24(29-28-17)18-3-7-20(26)8-4-18)15-23(30)27-16-25(11-13-32-14-12-25)19-5-9-21(31-2)10-6-19/h3-10,17,22,24,28-29H,11-16H2,1-2H3,(H,27,30). The van der Waals surface area contributed by atoms with Gasteiger partial charge in [-0.3, -0.25) is 10.2 Å². The number of halogens is 1. The van der Waals surface area contributed by atoms with Crippen molar-refractivity contribution in [1.29, 1.82) is 0 Å². The van der Waals surface area contributed by atoms with E-state index in [0.717, 1.165) is 24.2 Å². The van der Waals surface area contributed by atoms with E-state index in [0.29, 0.717) is 26.2 Å². The molecular formula is C25H32FN3O3. The fraction of sp³-hybridized carbons (Fsp3) is 0.480. The molecule has 3 atom stereocenters. The first-order valence-corrected chi connectivity index (χ1v) is 11.3. The molecule has 0 aliphatic carbocycles. The highest BCUT2D eigenvalue weighted by atomic mass is 19.1. The van der Waals surface area contributed by atoms with Crippen molar-refractivity contribution in [3.8, 4) is 5.75 Å². The Morgan fingerprint density at radius 1 is 1.12 bits per heavy atom. The quantitative estimate of drug-likeness (QED) is 0.615. The van der Waals surface area contributed by atoms with E-state index < -0.39 is 0 Å². The van der Waals surface area contributed by atoms with Crippen molar-refractivity contribution in [1.82, 2.24) is 16.2 Å². The Balaban J connectivity index is 1.43. The lowest BCUT2D eigenvalue weighted by molar-refractivity contribution is -0.122. The molecule has 2 aliphatic rings. The minimum Gasteiger partial charge on any atom is -0.497 e. The summed E-state index contributed by atoms with van der Waals surface area (Å²) >= 11 is 0. The number of carbonyl (C=O) groups is 1. The maximum Gasteiger partial charge on any atom is 0.220 e. The molecule has 2 fully saturated rings. The monoisotopic (exact) mass is 441 g/mol. The van der Waals surface area contributed by atoms with Crippen LogP contribution in [0.15, 0.2) is 48.5 Å². The fourth-order valence-electron chi connectivity index (χ4n) is 4.85. The number of hydrazine groups is 1. The van der Waals surface area contributed by atoms with Gasteiger partial charge in [0.25, 0.3) is 0 Å². The molecule has 0 saturated carbocycles. The van der Waals surface area contributed by atoms with Gasteiger partial charge in [-0.25, -0.2) is 9.82 Å². The molecule has 2 aliphatic heterocycles. The summed E-state index contributed by atoms with van der Waals surface area (Å²) in [5.41, 5.74) is 8.53. The van der Waals surface area contributed by atoms with Crippen LogP contribution >= 0.6 is 0 Å². The van der Waals surface area contributed by atoms with Gasteiger partial charge in [-0.15, -0.1) is 0 Å². The Morgan fingerprint density at radius 2 is 1.81 bits per heavy atom. The highest BCUT2D eigenvalue weighted by molar-refractivity contribution is 5.76. The SMILES string of the molecule is COc1ccc(C2(CNC(=O)CC3C(C)NNC3c3ccc(F)cc3)CCOCC2)cc1. The van der Waals surface area contributed by atoms with E-state index in [1.165, 1.54) is 17.7 Å². The summed E-state index contributed by atoms with van der Waals surface area (Å²) in [5, 5.41) is 3.21. The topological polar surface area (TPSA) is 71.6 Å². The van der Waals surface area contributed by atoms with Crippen molar-refractivity contribution in [2.24, 2.45) is 5.92 Å². The number of amides is 1. The molecule has 0 aromatic heterocycles. The van der Waals surface area contributed by atoms with Crippen molar-refractivity contribution in [3.05, 3.63) is 65.5 Å². The average Bonchev–Trinajstić information content (AvgIpc) is 3.19. The Labute approximate surface area is 188 Å². The zero-order chi connectivity index (χ0) is 22.6. The average molecular weight is 442 g/mol. The molecule has 0 spiro atoms. The number of hydrogen-bond acceptors (Lipinski definition) is 5. The van der Waals surface area contributed by atoms with Gasteiger partial charge in [-0.2, -0.15) is 0 Å². The second-order valence-corrected chi connectivity index (χ2v) is 8.87. The van der Waals surface area contributed by atoms with Gasteiger partial charge < -0.3 is 14.8 Å². The second kappa shape index (κ2) is 9.98. The van der Waals surface area contributed by atoms with Gasteiger partial charge in [0.2, 0.25) is 5.91 Å². The van der Waals surface area contributed by atoms with E-state index >= 15 is 0 Å². The predicted molar refractivity (Wildman–Crippen MR) is 121 cm³/mol. The summed E-state index contributed by atoms with van der Waals surface area (Å²) < 4.78 is 24.2. The first kappa shape index (κ1) is 22.7. The van der Waals surface area contributed by atoms with Crippen LogP contribution in [0.1, 0.15) is 43.4 Å². The van der Waals surface area contributed by atoms with E-state index in [2.05, 4.69) is 35.2 Å². The lowest BCUT2D eigenvalue weighted by atomic mass is 9.74. The van der Waals surface area contributed by atoms with Gasteiger partial charge in [-0.05, 0) is 55.2 Å². The number of ether oxygens (including phenoxy) is 2. The van der Waals surface area contributed by atoms with Crippen LogP contribution < -0.4 is 20.9 Å². The van der Waals surface area contributed by atoms with Crippen molar-refractivity contribution >= 4 is 5.91 Å². The van der Waals surface area contributed by atoms with Gasteiger partial charge in [-0.1, -0.05) is 24.3 Å². The van der Waals surface area contributed by atoms with E-state index in [1.807, 2.05) is 12.1 Å². The maximum absolute atomic E-state index is 13.3. The third kappa shape index (κ3) is 4.95. The van der Waals surface area contributed by atoms with Crippen molar-refractivity contribution < 1.29 is 18.7 Å². The van der Waals surface area contributed by atoms with Gasteiger partial charge in [0.15, 0.2) is 0 Å². The van der Waals surface area contributed by atoms with Crippen LogP contribution in [0.2, 0.25) is 0 Å². The lowest BCUT2D eigenvalue weighted by Crippen LogP contribution is -2.45. The third-order valence-corrected chi connectivity index (χ3v) is 6.96. The molecular weight excluding hydrogens is 409 g/mol. The van der Waals surface area contributed by atoms with Gasteiger partial charge in [0.1, 0.15) is 11.6 Å². The summed E-state index contributed by atoms with van der Waals surface area (Å²) in [6.07, 6.45) is 2.11. The van der Waals surface area contributed by atoms with Gasteiger partial charge in [0.05, 0.1) is 13.2 Å². The smallest absolute Gasteiger partial charge is 0.220 e. The Hall–Kier alpha value is -2.48. The molecule has 2 aromatic rings. The van der Waals surface area contributed by atoms with E-state index in [9.17, 15) is 9.18 Å². The summed E-state index contributed by atoms with van der Waals surface area (Å²) in [6, 6.07) is 14.7. The Kier molecular flexibility index (Phi) is 7.08. The molecule has 2 heterocycles. The minimum absolute atomic E-state index is 0.0267. The number of carbonyl (C=O) groups excluding carboxylic acids is 1. The van der Waals surface area contributed by atoms with Gasteiger partial charge in [0, 0.05) is 43.6 Å². The van der Waals surface area contributed by atoms with E-state index in [-0.39, 0.29) is 35.1 Å². The zero-order valence-corrected chi connectivity index (χ0v) is 18.7. The number of rotatable bonds is 7. The third-order valence-electron chi connectivity index (χ3n) is 6.96. The van der Waals surface area contributed by atoms with Crippen LogP contribution in [0.4, 0.5) is 4.39 Å². The second-order valence-electron chi connectivity index (χ2n) is 8.87. The van der Waals surface area contributed by atoms with Crippen LogP contribution in [-0.2, 0) is 14.9 Å². The first-order valence-electron chi connectivity index (χ1n) is 11.3. The number of benzene rings is 2. The molecule has 0 bridgehead atoms. The van der Waals surface area contributed by atoms with Crippen molar-refractivity contribution in [3.63, 3.8) is 0 Å². The lowest BCUT2D eigenvalue weighted by Gasteiger charge is -2.38. The molecule has 4 rings (SSSR count). The molecule has 1 amide bonds. The van der Waals surface area contributed by atoms with E-state index in [1.54, 1.807) is 19.2 Å². The fourth-order valence-corrected chi connectivity index (χ4v) is 4.85. The normalized spacial score (nSPS) is 24.8. The van der Waals surface area contributed by atoms with Crippen LogP contribution in [0.3, 0.4) is 0 Å². The maximum atomic E-state index is 13.3. The summed E-state index contributed by atoms with van der Waals surface area (Å²) in [5.74, 6) is 0.648. The molecule has 3 unspecified atom stereocenters. The molecule has 2 saturated heterocycles. The predicted octanol–water partition coefficient (Wildman–Crippen LogP) is 3.24. The number of hydrogen-bond donors (Lipinski definition) is 3. The van der Waals surface area contributed by atoms with Crippen LogP contribution in [0.5, 0.6) is 5.75 Å². The van der Waals surface area contributed by atoms with E-state index in [4.69, 9.17) is 9.47 Å². The first-order chi connectivity index (χ1) is 15.5. The molecule has 172 valence electrons. The van der Waals surface area contributed by atoms with Crippen LogP contribution in [0, 0.1) is 11.7 Å². The van der Waals surface area contributed by atoms with Crippen LogP contribution in [-0.4, -0.2) is 38.8 Å². The molecule has 0 radical (unpaired) electrons. The number of nitrogens with one attached hydrogen (secondary N) is 3. The van der Waals surface area contributed by atoms with Crippen molar-refractivity contribution in [2.75, 3.05) is 26.9 Å². The summed E-state index contributed by atoms with van der Waals surface area (Å²) in [7, 11) is 1.66.